The van der Waals surface area contributed by atoms with Gasteiger partial charge in [-0.25, -0.2) is 0 Å². The van der Waals surface area contributed by atoms with Crippen LogP contribution >= 0.6 is 0 Å². The molecule has 15 heavy (non-hydrogen) atoms. The molecule has 1 aliphatic heterocycles. The van der Waals surface area contributed by atoms with Gasteiger partial charge in [0.25, 0.3) is 0 Å². The Morgan fingerprint density at radius 3 is 2.53 bits per heavy atom. The largest absolute Gasteiger partial charge is 0.316 e. The second-order valence-corrected chi connectivity index (χ2v) is 5.26. The molecule has 0 spiro atoms. The van der Waals surface area contributed by atoms with Gasteiger partial charge in [0.2, 0.25) is 0 Å². The van der Waals surface area contributed by atoms with Gasteiger partial charge in [-0.05, 0) is 56.2 Å². The van der Waals surface area contributed by atoms with Crippen LogP contribution in [0.1, 0.15) is 29.9 Å². The van der Waals surface area contributed by atoms with E-state index in [1.54, 1.807) is 5.56 Å². The van der Waals surface area contributed by atoms with E-state index in [1.165, 1.54) is 31.5 Å². The molecule has 2 fully saturated rings. The Morgan fingerprint density at radius 1 is 1.13 bits per heavy atom. The Kier molecular flexibility index (Phi) is 2.28. The average molecular weight is 201 g/mol. The maximum Gasteiger partial charge on any atom is -0.00171 e. The lowest BCUT2D eigenvalue weighted by Crippen LogP contribution is -2.11. The number of benzene rings is 1. The minimum absolute atomic E-state index is 0.835. The van der Waals surface area contributed by atoms with Crippen molar-refractivity contribution in [3.8, 4) is 0 Å². The van der Waals surface area contributed by atoms with Crippen molar-refractivity contribution in [1.29, 1.82) is 0 Å². The standard InChI is InChI=1S/C14H19N/c1-10-3-2-4-11(5-10)12-6-13-8-15-9-14(13)7-12/h2-5,12-15H,6-9H2,1H3/t13-,14-/m0/s1. The molecule has 1 saturated carbocycles. The first-order chi connectivity index (χ1) is 7.33. The highest BCUT2D eigenvalue weighted by molar-refractivity contribution is 5.26. The van der Waals surface area contributed by atoms with Gasteiger partial charge in [0.1, 0.15) is 0 Å². The van der Waals surface area contributed by atoms with E-state index in [2.05, 4.69) is 36.5 Å². The molecule has 1 aromatic rings. The lowest BCUT2D eigenvalue weighted by molar-refractivity contribution is 0.494. The van der Waals surface area contributed by atoms with E-state index in [-0.39, 0.29) is 0 Å². The molecule has 1 heteroatoms. The van der Waals surface area contributed by atoms with Gasteiger partial charge in [0, 0.05) is 0 Å². The van der Waals surface area contributed by atoms with Gasteiger partial charge in [0.05, 0.1) is 0 Å². The van der Waals surface area contributed by atoms with Crippen LogP contribution < -0.4 is 5.32 Å². The molecule has 1 heterocycles. The molecule has 80 valence electrons. The molecular formula is C14H19N. The number of hydrogen-bond donors (Lipinski definition) is 1. The first-order valence-electron chi connectivity index (χ1n) is 6.10. The molecule has 2 atom stereocenters. The Balaban J connectivity index is 1.79. The van der Waals surface area contributed by atoms with Gasteiger partial charge in [-0.3, -0.25) is 0 Å². The minimum atomic E-state index is 0.835. The highest BCUT2D eigenvalue weighted by Gasteiger charge is 2.37. The normalized spacial score (nSPS) is 30.7. The summed E-state index contributed by atoms with van der Waals surface area (Å²) >= 11 is 0. The Morgan fingerprint density at radius 2 is 1.87 bits per heavy atom. The van der Waals surface area contributed by atoms with Crippen molar-refractivity contribution in [1.82, 2.24) is 5.32 Å². The predicted octanol–water partition coefficient (Wildman–Crippen LogP) is 2.71. The van der Waals surface area contributed by atoms with Gasteiger partial charge in [-0.2, -0.15) is 0 Å². The summed E-state index contributed by atoms with van der Waals surface area (Å²) in [6.45, 7) is 4.71. The molecular weight excluding hydrogens is 182 g/mol. The summed E-state index contributed by atoms with van der Waals surface area (Å²) in [5.74, 6) is 2.74. The fourth-order valence-electron chi connectivity index (χ4n) is 3.36. The average Bonchev–Trinajstić information content (AvgIpc) is 2.76. The van der Waals surface area contributed by atoms with Crippen molar-refractivity contribution in [2.75, 3.05) is 13.1 Å². The van der Waals surface area contributed by atoms with E-state index in [9.17, 15) is 0 Å². The van der Waals surface area contributed by atoms with Crippen LogP contribution in [-0.2, 0) is 0 Å². The first-order valence-corrected chi connectivity index (χ1v) is 6.10. The van der Waals surface area contributed by atoms with E-state index in [0.29, 0.717) is 0 Å². The molecule has 0 bridgehead atoms. The van der Waals surface area contributed by atoms with Crippen LogP contribution in [0.2, 0.25) is 0 Å². The number of aryl methyl sites for hydroxylation is 1. The molecule has 1 aromatic carbocycles. The van der Waals surface area contributed by atoms with Crippen LogP contribution in [0.4, 0.5) is 0 Å². The highest BCUT2D eigenvalue weighted by Crippen LogP contribution is 2.43. The van der Waals surface area contributed by atoms with Crippen LogP contribution in [0.5, 0.6) is 0 Å². The quantitative estimate of drug-likeness (QED) is 0.736. The molecule has 1 aliphatic carbocycles. The lowest BCUT2D eigenvalue weighted by atomic mass is 9.95. The Hall–Kier alpha value is -0.820. The fourth-order valence-corrected chi connectivity index (χ4v) is 3.36. The molecule has 2 aliphatic rings. The second kappa shape index (κ2) is 3.64. The van der Waals surface area contributed by atoms with Crippen LogP contribution in [0.3, 0.4) is 0 Å². The Labute approximate surface area is 91.9 Å². The maximum atomic E-state index is 3.51. The summed E-state index contributed by atoms with van der Waals surface area (Å²) in [7, 11) is 0. The molecule has 0 aromatic heterocycles. The van der Waals surface area contributed by atoms with Gasteiger partial charge in [-0.1, -0.05) is 29.8 Å². The topological polar surface area (TPSA) is 12.0 Å². The third kappa shape index (κ3) is 1.69. The summed E-state index contributed by atoms with van der Waals surface area (Å²) < 4.78 is 0. The van der Waals surface area contributed by atoms with E-state index >= 15 is 0 Å². The van der Waals surface area contributed by atoms with Crippen LogP contribution in [0.25, 0.3) is 0 Å². The fraction of sp³-hybridized carbons (Fsp3) is 0.571. The van der Waals surface area contributed by atoms with Crippen molar-refractivity contribution in [2.24, 2.45) is 11.8 Å². The first kappa shape index (κ1) is 9.41. The molecule has 0 radical (unpaired) electrons. The number of rotatable bonds is 1. The zero-order valence-electron chi connectivity index (χ0n) is 9.37. The number of hydrogen-bond acceptors (Lipinski definition) is 1. The lowest BCUT2D eigenvalue weighted by Gasteiger charge is -2.12. The van der Waals surface area contributed by atoms with Crippen LogP contribution in [-0.4, -0.2) is 13.1 Å². The third-order valence-corrected chi connectivity index (χ3v) is 4.17. The summed E-state index contributed by atoms with van der Waals surface area (Å²) in [6.07, 6.45) is 2.81. The van der Waals surface area contributed by atoms with E-state index in [4.69, 9.17) is 0 Å². The van der Waals surface area contributed by atoms with Crippen molar-refractivity contribution in [2.45, 2.75) is 25.7 Å². The summed E-state index contributed by atoms with van der Waals surface area (Å²) in [4.78, 5) is 0. The minimum Gasteiger partial charge on any atom is -0.316 e. The molecule has 1 nitrogen and oxygen atoms in total. The summed E-state index contributed by atoms with van der Waals surface area (Å²) in [5.41, 5.74) is 2.98. The van der Waals surface area contributed by atoms with Gasteiger partial charge in [0.15, 0.2) is 0 Å². The Bertz CT molecular complexity index is 346. The molecule has 0 unspecified atom stereocenters. The van der Waals surface area contributed by atoms with Crippen molar-refractivity contribution in [3.05, 3.63) is 35.4 Å². The monoisotopic (exact) mass is 201 g/mol. The SMILES string of the molecule is Cc1cccc(C2C[C@H]3CNC[C@@H]3C2)c1. The van der Waals surface area contributed by atoms with Gasteiger partial charge in [-0.15, -0.1) is 0 Å². The second-order valence-electron chi connectivity index (χ2n) is 5.26. The van der Waals surface area contributed by atoms with Crippen molar-refractivity contribution >= 4 is 0 Å². The molecule has 3 rings (SSSR count). The molecule has 1 saturated heterocycles. The van der Waals surface area contributed by atoms with Gasteiger partial charge >= 0.3 is 0 Å². The van der Waals surface area contributed by atoms with Gasteiger partial charge < -0.3 is 5.32 Å². The van der Waals surface area contributed by atoms with Crippen molar-refractivity contribution in [3.63, 3.8) is 0 Å². The van der Waals surface area contributed by atoms with E-state index in [1.807, 2.05) is 0 Å². The van der Waals surface area contributed by atoms with E-state index < -0.39 is 0 Å². The van der Waals surface area contributed by atoms with Crippen LogP contribution in [0, 0.1) is 18.8 Å². The predicted molar refractivity (Wildman–Crippen MR) is 63.0 cm³/mol. The maximum absolute atomic E-state index is 3.51. The summed E-state index contributed by atoms with van der Waals surface area (Å²) in [5, 5.41) is 3.51. The zero-order valence-corrected chi connectivity index (χ0v) is 9.37. The summed E-state index contributed by atoms with van der Waals surface area (Å²) in [6, 6.07) is 9.09. The number of fused-ring (bicyclic) bond motifs is 1. The van der Waals surface area contributed by atoms with Crippen molar-refractivity contribution < 1.29 is 0 Å². The van der Waals surface area contributed by atoms with E-state index in [0.717, 1.165) is 17.8 Å². The highest BCUT2D eigenvalue weighted by atomic mass is 14.9. The van der Waals surface area contributed by atoms with Crippen LogP contribution in [0.15, 0.2) is 24.3 Å². The molecule has 1 N–H and O–H groups in total. The molecule has 0 amide bonds. The smallest absolute Gasteiger partial charge is 0.00171 e. The third-order valence-electron chi connectivity index (χ3n) is 4.17. The number of nitrogens with one attached hydrogen (secondary N) is 1. The zero-order chi connectivity index (χ0) is 10.3.